The third-order valence-corrected chi connectivity index (χ3v) is 5.03. The van der Waals surface area contributed by atoms with E-state index in [1.54, 1.807) is 0 Å². The van der Waals surface area contributed by atoms with Crippen LogP contribution in [0.3, 0.4) is 0 Å². The van der Waals surface area contributed by atoms with E-state index in [9.17, 15) is 0 Å². The summed E-state index contributed by atoms with van der Waals surface area (Å²) >= 11 is 0. The minimum absolute atomic E-state index is 0.798. The molecule has 3 heteroatoms. The number of nitrogen functional groups attached to an aromatic ring is 1. The van der Waals surface area contributed by atoms with E-state index >= 15 is 0 Å². The maximum absolute atomic E-state index is 6.05. The highest BCUT2D eigenvalue weighted by atomic mass is 15.2. The number of fused-ring (bicyclic) bond motifs is 1. The van der Waals surface area contributed by atoms with Gasteiger partial charge in [-0.05, 0) is 63.4 Å². The summed E-state index contributed by atoms with van der Waals surface area (Å²) in [5.74, 6) is 0.827. The molecule has 0 radical (unpaired) electrons. The Morgan fingerprint density at radius 2 is 2.05 bits per heavy atom. The third-order valence-electron chi connectivity index (χ3n) is 5.03. The van der Waals surface area contributed by atoms with Gasteiger partial charge in [0.1, 0.15) is 0 Å². The van der Waals surface area contributed by atoms with Crippen LogP contribution >= 0.6 is 0 Å². The molecule has 1 aromatic rings. The van der Waals surface area contributed by atoms with E-state index in [0.717, 1.165) is 24.2 Å². The molecule has 0 amide bonds. The number of rotatable bonds is 1. The van der Waals surface area contributed by atoms with Gasteiger partial charge in [-0.1, -0.05) is 6.07 Å². The normalized spacial score (nSPS) is 28.2. The van der Waals surface area contributed by atoms with Crippen LogP contribution in [0.4, 0.5) is 11.4 Å². The Balaban J connectivity index is 1.79. The van der Waals surface area contributed by atoms with Gasteiger partial charge in [0, 0.05) is 30.5 Å². The fourth-order valence-electron chi connectivity index (χ4n) is 3.85. The Labute approximate surface area is 116 Å². The quantitative estimate of drug-likeness (QED) is 0.787. The van der Waals surface area contributed by atoms with E-state index in [1.807, 2.05) is 6.07 Å². The lowest BCUT2D eigenvalue weighted by Gasteiger charge is -2.47. The van der Waals surface area contributed by atoms with Crippen molar-refractivity contribution in [3.63, 3.8) is 0 Å². The number of hydrogen-bond donors (Lipinski definition) is 1. The molecule has 2 heterocycles. The van der Waals surface area contributed by atoms with Crippen LogP contribution in [0.5, 0.6) is 0 Å². The van der Waals surface area contributed by atoms with Gasteiger partial charge < -0.3 is 15.5 Å². The molecule has 0 aromatic heterocycles. The lowest BCUT2D eigenvalue weighted by molar-refractivity contribution is 0.102. The van der Waals surface area contributed by atoms with Crippen molar-refractivity contribution in [1.29, 1.82) is 0 Å². The van der Waals surface area contributed by atoms with Gasteiger partial charge in [-0.3, -0.25) is 0 Å². The third kappa shape index (κ3) is 2.32. The molecule has 2 saturated heterocycles. The predicted molar refractivity (Wildman–Crippen MR) is 81.6 cm³/mol. The molecule has 2 aliphatic rings. The topological polar surface area (TPSA) is 32.5 Å². The summed E-state index contributed by atoms with van der Waals surface area (Å²) in [6.45, 7) is 5.78. The Morgan fingerprint density at radius 1 is 1.21 bits per heavy atom. The van der Waals surface area contributed by atoms with Crippen LogP contribution in [0.2, 0.25) is 0 Å². The molecule has 2 atom stereocenters. The maximum atomic E-state index is 6.05. The second kappa shape index (κ2) is 5.04. The number of hydrogen-bond acceptors (Lipinski definition) is 3. The highest BCUT2D eigenvalue weighted by Crippen LogP contribution is 2.34. The summed E-state index contributed by atoms with van der Waals surface area (Å²) in [6.07, 6.45) is 4.02. The maximum Gasteiger partial charge on any atom is 0.0416 e. The summed E-state index contributed by atoms with van der Waals surface area (Å²) in [4.78, 5) is 5.11. The van der Waals surface area contributed by atoms with Gasteiger partial charge in [-0.15, -0.1) is 0 Å². The van der Waals surface area contributed by atoms with Crippen molar-refractivity contribution in [2.75, 3.05) is 37.3 Å². The van der Waals surface area contributed by atoms with Crippen molar-refractivity contribution in [2.45, 2.75) is 32.2 Å². The monoisotopic (exact) mass is 259 g/mol. The highest BCUT2D eigenvalue weighted by Gasteiger charge is 2.34. The zero-order valence-corrected chi connectivity index (χ0v) is 12.1. The van der Waals surface area contributed by atoms with Crippen LogP contribution in [0.15, 0.2) is 18.2 Å². The van der Waals surface area contributed by atoms with E-state index in [2.05, 4.69) is 35.9 Å². The molecule has 19 heavy (non-hydrogen) atoms. The first-order valence-electron chi connectivity index (χ1n) is 7.47. The van der Waals surface area contributed by atoms with Gasteiger partial charge in [0.15, 0.2) is 0 Å². The van der Waals surface area contributed by atoms with Crippen molar-refractivity contribution in [3.05, 3.63) is 23.8 Å². The molecule has 3 rings (SSSR count). The van der Waals surface area contributed by atoms with Gasteiger partial charge >= 0.3 is 0 Å². The molecule has 0 aliphatic carbocycles. The number of piperidine rings is 2. The van der Waals surface area contributed by atoms with E-state index in [1.165, 1.54) is 43.6 Å². The zero-order chi connectivity index (χ0) is 13.4. The van der Waals surface area contributed by atoms with Crippen LogP contribution in [0, 0.1) is 12.8 Å². The van der Waals surface area contributed by atoms with E-state index in [-0.39, 0.29) is 0 Å². The predicted octanol–water partition coefficient (Wildman–Crippen LogP) is 2.50. The first-order chi connectivity index (χ1) is 9.16. The van der Waals surface area contributed by atoms with Gasteiger partial charge in [0.2, 0.25) is 0 Å². The Morgan fingerprint density at radius 3 is 2.89 bits per heavy atom. The first-order valence-corrected chi connectivity index (χ1v) is 7.47. The second-order valence-corrected chi connectivity index (χ2v) is 6.18. The van der Waals surface area contributed by atoms with Crippen LogP contribution in [0.1, 0.15) is 24.8 Å². The SMILES string of the molecule is Cc1c(N)cccc1N1CCC2C(CCCN2C)C1. The van der Waals surface area contributed by atoms with Crippen LogP contribution in [0.25, 0.3) is 0 Å². The van der Waals surface area contributed by atoms with Crippen LogP contribution < -0.4 is 10.6 Å². The van der Waals surface area contributed by atoms with Gasteiger partial charge in [0.05, 0.1) is 0 Å². The van der Waals surface area contributed by atoms with E-state index in [4.69, 9.17) is 5.73 Å². The second-order valence-electron chi connectivity index (χ2n) is 6.18. The van der Waals surface area contributed by atoms with Crippen molar-refractivity contribution in [1.82, 2.24) is 4.90 Å². The smallest absolute Gasteiger partial charge is 0.0416 e. The highest BCUT2D eigenvalue weighted by molar-refractivity contribution is 5.64. The molecule has 2 fully saturated rings. The minimum Gasteiger partial charge on any atom is -0.398 e. The summed E-state index contributed by atoms with van der Waals surface area (Å²) in [7, 11) is 2.29. The van der Waals surface area contributed by atoms with Crippen molar-refractivity contribution < 1.29 is 0 Å². The zero-order valence-electron chi connectivity index (χ0n) is 12.1. The van der Waals surface area contributed by atoms with Crippen molar-refractivity contribution in [2.24, 2.45) is 5.92 Å². The molecule has 0 saturated carbocycles. The summed E-state index contributed by atoms with van der Waals surface area (Å²) in [6, 6.07) is 7.10. The molecule has 2 unspecified atom stereocenters. The van der Waals surface area contributed by atoms with Crippen molar-refractivity contribution >= 4 is 11.4 Å². The molecule has 104 valence electrons. The lowest BCUT2D eigenvalue weighted by atomic mass is 9.84. The largest absolute Gasteiger partial charge is 0.398 e. The summed E-state index contributed by atoms with van der Waals surface area (Å²) in [5, 5.41) is 0. The number of nitrogens with zero attached hydrogens (tertiary/aromatic N) is 2. The fourth-order valence-corrected chi connectivity index (χ4v) is 3.85. The molecule has 0 spiro atoms. The molecule has 0 bridgehead atoms. The molecular formula is C16H25N3. The minimum atomic E-state index is 0.798. The molecule has 1 aromatic carbocycles. The number of benzene rings is 1. The van der Waals surface area contributed by atoms with Gasteiger partial charge in [0.25, 0.3) is 0 Å². The van der Waals surface area contributed by atoms with Crippen LogP contribution in [-0.4, -0.2) is 37.6 Å². The average Bonchev–Trinajstić information content (AvgIpc) is 2.42. The summed E-state index contributed by atoms with van der Waals surface area (Å²) in [5.41, 5.74) is 9.54. The van der Waals surface area contributed by atoms with E-state index in [0.29, 0.717) is 0 Å². The molecule has 3 nitrogen and oxygen atoms in total. The average molecular weight is 259 g/mol. The standard InChI is InChI=1S/C16H25N3/c1-12-14(17)6-3-7-15(12)19-10-8-16-13(11-19)5-4-9-18(16)2/h3,6-7,13,16H,4-5,8-11,17H2,1-2H3. The Kier molecular flexibility index (Phi) is 3.40. The molecule has 2 N–H and O–H groups in total. The Hall–Kier alpha value is -1.22. The number of likely N-dealkylation sites (tertiary alicyclic amines) is 1. The van der Waals surface area contributed by atoms with E-state index < -0.39 is 0 Å². The number of anilines is 2. The fraction of sp³-hybridized carbons (Fsp3) is 0.625. The lowest BCUT2D eigenvalue weighted by Crippen LogP contribution is -2.52. The van der Waals surface area contributed by atoms with Crippen molar-refractivity contribution in [3.8, 4) is 0 Å². The Bertz CT molecular complexity index is 457. The molecular weight excluding hydrogens is 234 g/mol. The molecule has 2 aliphatic heterocycles. The summed E-state index contributed by atoms with van der Waals surface area (Å²) < 4.78 is 0. The van der Waals surface area contributed by atoms with Gasteiger partial charge in [-0.2, -0.15) is 0 Å². The van der Waals surface area contributed by atoms with Gasteiger partial charge in [-0.25, -0.2) is 0 Å². The van der Waals surface area contributed by atoms with Crippen LogP contribution in [-0.2, 0) is 0 Å². The first kappa shape index (κ1) is 12.8. The number of nitrogens with two attached hydrogens (primary N) is 1.